The summed E-state index contributed by atoms with van der Waals surface area (Å²) in [7, 11) is 2.99. The quantitative estimate of drug-likeness (QED) is 0.656. The Morgan fingerprint density at radius 3 is 1.81 bits per heavy atom. The molecule has 0 aromatic carbocycles. The van der Waals surface area contributed by atoms with Crippen molar-refractivity contribution in [1.29, 1.82) is 0 Å². The Balaban J connectivity index is 2.78. The van der Waals surface area contributed by atoms with Crippen molar-refractivity contribution in [2.45, 2.75) is 32.1 Å². The fourth-order valence-electron chi connectivity index (χ4n) is 3.27. The van der Waals surface area contributed by atoms with Gasteiger partial charge in [-0.05, 0) is 19.9 Å². The summed E-state index contributed by atoms with van der Waals surface area (Å²) in [5, 5.41) is 0. The van der Waals surface area contributed by atoms with Crippen molar-refractivity contribution in [2.75, 3.05) is 14.1 Å². The van der Waals surface area contributed by atoms with Gasteiger partial charge in [0.25, 0.3) is 5.91 Å². The maximum Gasteiger partial charge on any atom is 0.330 e. The number of nitrogens with zero attached hydrogens (tertiary/aromatic N) is 4. The van der Waals surface area contributed by atoms with E-state index in [0.29, 0.717) is 0 Å². The highest BCUT2D eigenvalue weighted by atomic mass is 16.2. The molecule has 0 bridgehead atoms. The van der Waals surface area contributed by atoms with Crippen LogP contribution >= 0.6 is 0 Å². The highest BCUT2D eigenvalue weighted by Gasteiger charge is 2.75. The Bertz CT molecular complexity index is 589. The van der Waals surface area contributed by atoms with Gasteiger partial charge < -0.3 is 9.80 Å². The van der Waals surface area contributed by atoms with Crippen LogP contribution in [0, 0.1) is 0 Å². The molecule has 114 valence electrons. The molecule has 6 amide bonds. The second-order valence-electron chi connectivity index (χ2n) is 5.46. The minimum Gasteiger partial charge on any atom is -0.300 e. The summed E-state index contributed by atoms with van der Waals surface area (Å²) in [4.78, 5) is 53.4. The molecule has 2 atom stereocenters. The predicted octanol–water partition coefficient (Wildman–Crippen LogP) is 0.413. The van der Waals surface area contributed by atoms with Gasteiger partial charge >= 0.3 is 12.1 Å². The van der Waals surface area contributed by atoms with Crippen molar-refractivity contribution in [3.8, 4) is 0 Å². The van der Waals surface area contributed by atoms with Crippen LogP contribution in [0.25, 0.3) is 0 Å². The summed E-state index contributed by atoms with van der Waals surface area (Å²) in [6.45, 7) is 7.77. The van der Waals surface area contributed by atoms with E-state index in [1.54, 1.807) is 6.92 Å². The van der Waals surface area contributed by atoms with Gasteiger partial charge in [-0.3, -0.25) is 9.59 Å². The molecule has 0 spiro atoms. The highest BCUT2D eigenvalue weighted by molar-refractivity contribution is 6.07. The first kappa shape index (κ1) is 15.0. The van der Waals surface area contributed by atoms with Crippen molar-refractivity contribution in [1.82, 2.24) is 19.6 Å². The normalized spacial score (nSPS) is 31.9. The lowest BCUT2D eigenvalue weighted by Crippen LogP contribution is -2.65. The molecule has 8 nitrogen and oxygen atoms in total. The Morgan fingerprint density at radius 1 is 1.00 bits per heavy atom. The molecule has 0 saturated carbocycles. The van der Waals surface area contributed by atoms with Gasteiger partial charge in [0.2, 0.25) is 5.91 Å². The van der Waals surface area contributed by atoms with Crippen molar-refractivity contribution in [3.63, 3.8) is 0 Å². The van der Waals surface area contributed by atoms with Crippen molar-refractivity contribution in [2.24, 2.45) is 0 Å². The lowest BCUT2D eigenvalue weighted by molar-refractivity contribution is -0.142. The third kappa shape index (κ3) is 1.34. The van der Waals surface area contributed by atoms with Crippen LogP contribution in [0.4, 0.5) is 9.59 Å². The number of rotatable bonds is 1. The Morgan fingerprint density at radius 2 is 1.43 bits per heavy atom. The predicted molar refractivity (Wildman–Crippen MR) is 72.7 cm³/mol. The molecule has 8 heteroatoms. The van der Waals surface area contributed by atoms with E-state index in [1.165, 1.54) is 37.7 Å². The number of fused-ring (bicyclic) bond motifs is 1. The van der Waals surface area contributed by atoms with E-state index in [0.717, 1.165) is 15.9 Å². The summed E-state index contributed by atoms with van der Waals surface area (Å²) in [6.07, 6.45) is 0.990. The zero-order chi connectivity index (χ0) is 16.3. The van der Waals surface area contributed by atoms with Crippen LogP contribution in [0.5, 0.6) is 0 Å². The monoisotopic (exact) mass is 294 g/mol. The average molecular weight is 294 g/mol. The zero-order valence-corrected chi connectivity index (χ0v) is 12.7. The van der Waals surface area contributed by atoms with Crippen molar-refractivity contribution >= 4 is 23.9 Å². The number of hydrogen-bond acceptors (Lipinski definition) is 4. The molecule has 0 unspecified atom stereocenters. The first-order valence-corrected chi connectivity index (χ1v) is 6.39. The maximum absolute atomic E-state index is 12.5. The smallest absolute Gasteiger partial charge is 0.300 e. The number of likely N-dealkylation sites (N-methyl/N-ethyl adjacent to an activating group) is 2. The molecule has 0 aromatic rings. The third-order valence-electron chi connectivity index (χ3n) is 4.74. The van der Waals surface area contributed by atoms with Gasteiger partial charge in [0.15, 0.2) is 11.3 Å². The summed E-state index contributed by atoms with van der Waals surface area (Å²) in [5.41, 5.74) is -2.60. The second kappa shape index (κ2) is 4.06. The Hall–Kier alpha value is -2.38. The highest BCUT2D eigenvalue weighted by Crippen LogP contribution is 2.49. The van der Waals surface area contributed by atoms with Crippen LogP contribution in [-0.4, -0.2) is 68.9 Å². The van der Waals surface area contributed by atoms with E-state index in [1.807, 2.05) is 0 Å². The topological polar surface area (TPSA) is 81.2 Å². The lowest BCUT2D eigenvalue weighted by atomic mass is 9.95. The van der Waals surface area contributed by atoms with Gasteiger partial charge in [-0.15, -0.1) is 0 Å². The summed E-state index contributed by atoms with van der Waals surface area (Å²) in [6, 6.07) is -1.15. The van der Waals surface area contributed by atoms with Gasteiger partial charge in [0.1, 0.15) is 0 Å². The van der Waals surface area contributed by atoms with E-state index in [4.69, 9.17) is 0 Å². The molecule has 2 fully saturated rings. The number of carbonyl (C=O) groups is 4. The van der Waals surface area contributed by atoms with Gasteiger partial charge in [-0.25, -0.2) is 19.4 Å². The minimum atomic E-state index is -1.44. The number of urea groups is 2. The molecule has 0 radical (unpaired) electrons. The molecular weight excluding hydrogens is 276 g/mol. The van der Waals surface area contributed by atoms with Gasteiger partial charge in [-0.2, -0.15) is 0 Å². The molecule has 2 aliphatic rings. The summed E-state index contributed by atoms with van der Waals surface area (Å²) >= 11 is 0. The first-order chi connectivity index (χ1) is 9.56. The standard InChI is InChI=1S/C13H18N4O4/c1-7-9(19)17-11(21)15(6)12(3)13(17,4)16(8(2)18)10(20)14(12)5/h7H,1H2,2-6H3/t12-,13+/m1/s1. The number of imide groups is 2. The largest absolute Gasteiger partial charge is 0.330 e. The molecule has 2 rings (SSSR count). The van der Waals surface area contributed by atoms with E-state index in [9.17, 15) is 19.2 Å². The van der Waals surface area contributed by atoms with Crippen molar-refractivity contribution in [3.05, 3.63) is 12.7 Å². The molecule has 2 aliphatic heterocycles. The second-order valence-corrected chi connectivity index (χ2v) is 5.46. The Kier molecular flexibility index (Phi) is 2.90. The maximum atomic E-state index is 12.5. The van der Waals surface area contributed by atoms with Gasteiger partial charge in [-0.1, -0.05) is 6.58 Å². The summed E-state index contributed by atoms with van der Waals surface area (Å²) in [5.74, 6) is -1.20. The SMILES string of the molecule is C=CC(=O)N1C(=O)N(C)[C@@]2(C)N(C)C(=O)N(C(C)=O)[C@@]12C. The van der Waals surface area contributed by atoms with Crippen LogP contribution in [0.1, 0.15) is 20.8 Å². The van der Waals surface area contributed by atoms with Gasteiger partial charge in [0.05, 0.1) is 0 Å². The third-order valence-corrected chi connectivity index (χ3v) is 4.74. The van der Waals surface area contributed by atoms with Crippen LogP contribution in [0.2, 0.25) is 0 Å². The van der Waals surface area contributed by atoms with E-state index < -0.39 is 35.2 Å². The lowest BCUT2D eigenvalue weighted by Gasteiger charge is -2.42. The van der Waals surface area contributed by atoms with E-state index in [2.05, 4.69) is 6.58 Å². The number of amides is 6. The fourth-order valence-corrected chi connectivity index (χ4v) is 3.27. The van der Waals surface area contributed by atoms with Crippen LogP contribution in [-0.2, 0) is 9.59 Å². The molecule has 0 aromatic heterocycles. The van der Waals surface area contributed by atoms with E-state index in [-0.39, 0.29) is 0 Å². The average Bonchev–Trinajstić information content (AvgIpc) is 2.66. The Labute approximate surface area is 122 Å². The molecular formula is C13H18N4O4. The first-order valence-electron chi connectivity index (χ1n) is 6.39. The van der Waals surface area contributed by atoms with Crippen LogP contribution < -0.4 is 0 Å². The molecule has 0 N–H and O–H groups in total. The molecule has 2 heterocycles. The van der Waals surface area contributed by atoms with Gasteiger partial charge in [0, 0.05) is 21.0 Å². The van der Waals surface area contributed by atoms with E-state index >= 15 is 0 Å². The molecule has 0 aliphatic carbocycles. The number of carbonyl (C=O) groups excluding carboxylic acids is 4. The van der Waals surface area contributed by atoms with Crippen molar-refractivity contribution < 1.29 is 19.2 Å². The fraction of sp³-hybridized carbons (Fsp3) is 0.538. The molecule has 21 heavy (non-hydrogen) atoms. The zero-order valence-electron chi connectivity index (χ0n) is 12.7. The molecule has 2 saturated heterocycles. The van der Waals surface area contributed by atoms with Crippen LogP contribution in [0.15, 0.2) is 12.7 Å². The van der Waals surface area contributed by atoms with Crippen LogP contribution in [0.3, 0.4) is 0 Å². The summed E-state index contributed by atoms with van der Waals surface area (Å²) < 4.78 is 0. The number of hydrogen-bond donors (Lipinski definition) is 0. The minimum absolute atomic E-state index is 0.539.